The maximum absolute atomic E-state index is 11.5. The van der Waals surface area contributed by atoms with Gasteiger partial charge in [0.05, 0.1) is 12.1 Å². The Hall–Kier alpha value is -1.82. The number of aliphatic carboxylic acids is 1. The summed E-state index contributed by atoms with van der Waals surface area (Å²) in [5.41, 5.74) is 0.665. The van der Waals surface area contributed by atoms with E-state index in [2.05, 4.69) is 0 Å². The molecule has 1 aromatic heterocycles. The Morgan fingerprint density at radius 3 is 2.56 bits per heavy atom. The third-order valence-corrected chi connectivity index (χ3v) is 2.61. The monoisotopic (exact) mass is 254 g/mol. The van der Waals surface area contributed by atoms with Gasteiger partial charge in [0, 0.05) is 24.8 Å². The molecule has 0 aliphatic rings. The number of aryl methyl sites for hydroxylation is 1. The molecule has 0 aromatic carbocycles. The van der Waals surface area contributed by atoms with E-state index < -0.39 is 11.4 Å². The van der Waals surface area contributed by atoms with Gasteiger partial charge in [-0.15, -0.1) is 0 Å². The van der Waals surface area contributed by atoms with E-state index in [9.17, 15) is 14.7 Å². The number of carboxylic acid groups (broad SMARTS) is 1. The van der Waals surface area contributed by atoms with Crippen LogP contribution >= 0.6 is 0 Å². The van der Waals surface area contributed by atoms with Crippen LogP contribution in [-0.2, 0) is 17.9 Å². The summed E-state index contributed by atoms with van der Waals surface area (Å²) in [4.78, 5) is 24.0. The molecule has 0 amide bonds. The minimum Gasteiger partial charge on any atom is -0.503 e. The second-order valence-corrected chi connectivity index (χ2v) is 4.48. The fraction of sp³-hybridized carbons (Fsp3) is 0.500. The highest BCUT2D eigenvalue weighted by Gasteiger charge is 2.14. The summed E-state index contributed by atoms with van der Waals surface area (Å²) in [6.45, 7) is 2.34. The van der Waals surface area contributed by atoms with Gasteiger partial charge in [0.2, 0.25) is 5.43 Å². The average molecular weight is 254 g/mol. The summed E-state index contributed by atoms with van der Waals surface area (Å²) in [5, 5.41) is 18.5. The molecule has 0 spiro atoms. The van der Waals surface area contributed by atoms with Crippen molar-refractivity contribution < 1.29 is 15.0 Å². The summed E-state index contributed by atoms with van der Waals surface area (Å²) in [5.74, 6) is -1.22. The van der Waals surface area contributed by atoms with Crippen LogP contribution in [0.25, 0.3) is 0 Å². The summed E-state index contributed by atoms with van der Waals surface area (Å²) >= 11 is 0. The molecule has 0 saturated heterocycles. The molecular weight excluding hydrogens is 236 g/mol. The molecule has 0 unspecified atom stereocenters. The quantitative estimate of drug-likeness (QED) is 0.794. The van der Waals surface area contributed by atoms with Crippen molar-refractivity contribution in [3.8, 4) is 5.75 Å². The Morgan fingerprint density at radius 2 is 2.06 bits per heavy atom. The molecule has 6 heteroatoms. The Bertz CT molecular complexity index is 506. The zero-order valence-corrected chi connectivity index (χ0v) is 10.8. The number of aromatic nitrogens is 1. The van der Waals surface area contributed by atoms with Gasteiger partial charge in [-0.1, -0.05) is 0 Å². The molecule has 1 heterocycles. The van der Waals surface area contributed by atoms with E-state index in [0.717, 1.165) is 0 Å². The third kappa shape index (κ3) is 3.33. The van der Waals surface area contributed by atoms with E-state index in [1.165, 1.54) is 6.07 Å². The van der Waals surface area contributed by atoms with Gasteiger partial charge >= 0.3 is 5.97 Å². The molecule has 1 rings (SSSR count). The highest BCUT2D eigenvalue weighted by atomic mass is 16.4. The van der Waals surface area contributed by atoms with Crippen molar-refractivity contribution in [3.63, 3.8) is 0 Å². The lowest BCUT2D eigenvalue weighted by Gasteiger charge is -2.19. The molecule has 0 aliphatic carbocycles. The zero-order valence-electron chi connectivity index (χ0n) is 10.8. The average Bonchev–Trinajstić information content (AvgIpc) is 2.24. The smallest absolute Gasteiger partial charge is 0.305 e. The number of hydrogen-bond acceptors (Lipinski definition) is 4. The van der Waals surface area contributed by atoms with Crippen LogP contribution in [0, 0.1) is 6.92 Å². The zero-order chi connectivity index (χ0) is 13.9. The predicted molar refractivity (Wildman–Crippen MR) is 66.7 cm³/mol. The van der Waals surface area contributed by atoms with Crippen LogP contribution < -0.4 is 5.43 Å². The van der Waals surface area contributed by atoms with Gasteiger partial charge in [0.1, 0.15) is 0 Å². The number of carboxylic acids is 1. The number of pyridine rings is 1. The first-order valence-corrected chi connectivity index (χ1v) is 5.61. The van der Waals surface area contributed by atoms with Crippen molar-refractivity contribution in [1.82, 2.24) is 9.47 Å². The summed E-state index contributed by atoms with van der Waals surface area (Å²) < 4.78 is 1.67. The first-order chi connectivity index (χ1) is 8.32. The van der Waals surface area contributed by atoms with E-state index in [-0.39, 0.29) is 18.7 Å². The highest BCUT2D eigenvalue weighted by Crippen LogP contribution is 2.16. The highest BCUT2D eigenvalue weighted by molar-refractivity contribution is 5.66. The third-order valence-electron chi connectivity index (χ3n) is 2.61. The first-order valence-electron chi connectivity index (χ1n) is 5.61. The topological polar surface area (TPSA) is 82.8 Å². The van der Waals surface area contributed by atoms with E-state index in [4.69, 9.17) is 5.11 Å². The van der Waals surface area contributed by atoms with Gasteiger partial charge in [-0.3, -0.25) is 9.59 Å². The minimum atomic E-state index is -0.914. The molecule has 0 saturated carbocycles. The van der Waals surface area contributed by atoms with Crippen LogP contribution in [-0.4, -0.2) is 39.7 Å². The van der Waals surface area contributed by atoms with Gasteiger partial charge in [-0.25, -0.2) is 0 Å². The predicted octanol–water partition coefficient (Wildman–Crippen LogP) is 0.399. The minimum absolute atomic E-state index is 0.0520. The number of rotatable bonds is 5. The first kappa shape index (κ1) is 14.2. The normalized spacial score (nSPS) is 10.9. The molecule has 0 radical (unpaired) electrons. The Balaban J connectivity index is 3.23. The van der Waals surface area contributed by atoms with Gasteiger partial charge < -0.3 is 19.7 Å². The van der Waals surface area contributed by atoms with Crippen molar-refractivity contribution in [2.75, 3.05) is 14.1 Å². The largest absolute Gasteiger partial charge is 0.503 e. The SMILES string of the molecule is Cc1cc(=O)c(O)c(CN(C)C)n1CCC(=O)O. The maximum atomic E-state index is 11.5. The van der Waals surface area contributed by atoms with Crippen molar-refractivity contribution in [2.45, 2.75) is 26.4 Å². The molecule has 6 nitrogen and oxygen atoms in total. The summed E-state index contributed by atoms with van der Waals surface area (Å²) in [6, 6.07) is 1.32. The fourth-order valence-corrected chi connectivity index (χ4v) is 1.80. The molecule has 0 fully saturated rings. The summed E-state index contributed by atoms with van der Waals surface area (Å²) in [7, 11) is 3.63. The van der Waals surface area contributed by atoms with Crippen LogP contribution in [0.4, 0.5) is 0 Å². The molecule has 2 N–H and O–H groups in total. The van der Waals surface area contributed by atoms with E-state index in [0.29, 0.717) is 17.9 Å². The Labute approximate surface area is 105 Å². The van der Waals surface area contributed by atoms with Gasteiger partial charge in [-0.05, 0) is 21.0 Å². The Kier molecular flexibility index (Phi) is 4.49. The van der Waals surface area contributed by atoms with Crippen molar-refractivity contribution in [2.24, 2.45) is 0 Å². The van der Waals surface area contributed by atoms with Crippen molar-refractivity contribution in [1.29, 1.82) is 0 Å². The lowest BCUT2D eigenvalue weighted by atomic mass is 10.2. The van der Waals surface area contributed by atoms with Gasteiger partial charge in [0.25, 0.3) is 0 Å². The number of carbonyl (C=O) groups is 1. The van der Waals surface area contributed by atoms with Crippen LogP contribution in [0.3, 0.4) is 0 Å². The molecule has 18 heavy (non-hydrogen) atoms. The van der Waals surface area contributed by atoms with Gasteiger partial charge in [0.15, 0.2) is 5.75 Å². The lowest BCUT2D eigenvalue weighted by Crippen LogP contribution is -2.22. The van der Waals surface area contributed by atoms with Gasteiger partial charge in [-0.2, -0.15) is 0 Å². The lowest BCUT2D eigenvalue weighted by molar-refractivity contribution is -0.137. The molecule has 0 bridgehead atoms. The van der Waals surface area contributed by atoms with E-state index in [1.54, 1.807) is 11.5 Å². The van der Waals surface area contributed by atoms with Crippen molar-refractivity contribution in [3.05, 3.63) is 27.7 Å². The number of nitrogens with zero attached hydrogens (tertiary/aromatic N) is 2. The van der Waals surface area contributed by atoms with Crippen LogP contribution in [0.5, 0.6) is 5.75 Å². The van der Waals surface area contributed by atoms with Crippen LogP contribution in [0.1, 0.15) is 17.8 Å². The van der Waals surface area contributed by atoms with E-state index in [1.807, 2.05) is 19.0 Å². The fourth-order valence-electron chi connectivity index (χ4n) is 1.80. The standard InChI is InChI=1S/C12H18N2O4/c1-8-6-10(15)12(18)9(7-13(2)3)14(8)5-4-11(16)17/h6,18H,4-5,7H2,1-3H3,(H,16,17). The van der Waals surface area contributed by atoms with Crippen LogP contribution in [0.15, 0.2) is 10.9 Å². The van der Waals surface area contributed by atoms with E-state index >= 15 is 0 Å². The molecular formula is C12H18N2O4. The second-order valence-electron chi connectivity index (χ2n) is 4.48. The molecule has 100 valence electrons. The summed E-state index contributed by atoms with van der Waals surface area (Å²) in [6.07, 6.45) is -0.0520. The Morgan fingerprint density at radius 1 is 1.44 bits per heavy atom. The number of aromatic hydroxyl groups is 1. The molecule has 0 atom stereocenters. The number of hydrogen-bond donors (Lipinski definition) is 2. The second kappa shape index (κ2) is 5.68. The van der Waals surface area contributed by atoms with Crippen molar-refractivity contribution >= 4 is 5.97 Å². The molecule has 1 aromatic rings. The van der Waals surface area contributed by atoms with Crippen LogP contribution in [0.2, 0.25) is 0 Å². The molecule has 0 aliphatic heterocycles. The maximum Gasteiger partial charge on any atom is 0.305 e.